The van der Waals surface area contributed by atoms with Gasteiger partial charge in [-0.15, -0.1) is 18.3 Å². The summed E-state index contributed by atoms with van der Waals surface area (Å²) < 4.78 is 44.3. The molecule has 11 heteroatoms. The molecule has 1 aliphatic carbocycles. The van der Waals surface area contributed by atoms with Gasteiger partial charge in [0.15, 0.2) is 11.6 Å². The van der Waals surface area contributed by atoms with Gasteiger partial charge in [0.2, 0.25) is 3.83 Å². The number of nitrogens with zero attached hydrogens (tertiary/aromatic N) is 5. The van der Waals surface area contributed by atoms with Crippen molar-refractivity contribution in [2.24, 2.45) is 0 Å². The number of rotatable bonds is 7. The molecule has 1 aliphatic rings. The number of hydrogen-bond donors (Lipinski definition) is 0. The number of ether oxygens (including phenoxy) is 1. The number of alkyl halides is 3. The van der Waals surface area contributed by atoms with E-state index in [1.807, 2.05) is 28.7 Å². The number of ketones is 1. The van der Waals surface area contributed by atoms with E-state index < -0.39 is 12.3 Å². The molecular weight excluding hydrogens is 550 g/mol. The van der Waals surface area contributed by atoms with Crippen LogP contribution in [0.3, 0.4) is 0 Å². The van der Waals surface area contributed by atoms with Gasteiger partial charge in [-0.25, -0.2) is 9.97 Å². The third kappa shape index (κ3) is 5.68. The molecule has 0 bridgehead atoms. The second-order valence-corrected chi connectivity index (χ2v) is 8.77. The van der Waals surface area contributed by atoms with Crippen molar-refractivity contribution in [3.63, 3.8) is 0 Å². The zero-order valence-corrected chi connectivity index (χ0v) is 19.5. The Balaban J connectivity index is 1.59. The number of Topliss-reactive ketones (excluding diaryl/α,β-unsaturated/α-hetero) is 1. The molecule has 3 aromatic rings. The van der Waals surface area contributed by atoms with Crippen molar-refractivity contribution in [1.29, 1.82) is 5.26 Å². The minimum Gasteiger partial charge on any atom is -0.406 e. The van der Waals surface area contributed by atoms with Crippen molar-refractivity contribution in [2.75, 3.05) is 0 Å². The number of carbonyl (C=O) groups is 1. The molecule has 0 N–H and O–H groups in total. The predicted octanol–water partition coefficient (Wildman–Crippen LogP) is 5.29. The number of nitriles is 1. The highest BCUT2D eigenvalue weighted by Crippen LogP contribution is 2.42. The maximum absolute atomic E-state index is 13.0. The first-order chi connectivity index (χ1) is 15.6. The Morgan fingerprint density at radius 3 is 2.70 bits per heavy atom. The number of pyridine rings is 1. The van der Waals surface area contributed by atoms with Gasteiger partial charge in [-0.05, 0) is 54.7 Å². The minimum atomic E-state index is -4.84. The molecule has 1 unspecified atom stereocenters. The van der Waals surface area contributed by atoms with Crippen LogP contribution in [0, 0.1) is 15.2 Å². The van der Waals surface area contributed by atoms with Crippen molar-refractivity contribution >= 4 is 28.4 Å². The summed E-state index contributed by atoms with van der Waals surface area (Å²) in [5.41, 5.74) is 1.24. The van der Waals surface area contributed by atoms with E-state index in [9.17, 15) is 18.0 Å². The number of carbonyl (C=O) groups excluding carboxylic acids is 1. The maximum Gasteiger partial charge on any atom is 0.573 e. The molecule has 4 rings (SSSR count). The van der Waals surface area contributed by atoms with E-state index in [-0.39, 0.29) is 29.4 Å². The quantitative estimate of drug-likeness (QED) is 0.285. The molecule has 0 amide bonds. The fourth-order valence-electron chi connectivity index (χ4n) is 3.48. The average molecular weight is 567 g/mol. The lowest BCUT2D eigenvalue weighted by molar-refractivity contribution is -0.274. The van der Waals surface area contributed by atoms with Crippen LogP contribution >= 0.6 is 22.6 Å². The monoisotopic (exact) mass is 567 g/mol. The van der Waals surface area contributed by atoms with Gasteiger partial charge in [0.25, 0.3) is 0 Å². The predicted molar refractivity (Wildman–Crippen MR) is 119 cm³/mol. The highest BCUT2D eigenvalue weighted by atomic mass is 127. The summed E-state index contributed by atoms with van der Waals surface area (Å²) in [4.78, 5) is 21.7. The number of benzene rings is 1. The Morgan fingerprint density at radius 1 is 1.33 bits per heavy atom. The second-order valence-electron chi connectivity index (χ2n) is 7.81. The second kappa shape index (κ2) is 9.09. The molecule has 7 nitrogen and oxygen atoms in total. The van der Waals surface area contributed by atoms with E-state index in [2.05, 4.69) is 19.8 Å². The molecule has 1 aromatic carbocycles. The van der Waals surface area contributed by atoms with Crippen LogP contribution in [-0.4, -0.2) is 31.9 Å². The van der Waals surface area contributed by atoms with Crippen LogP contribution < -0.4 is 4.74 Å². The van der Waals surface area contributed by atoms with Crippen LogP contribution in [0.2, 0.25) is 0 Å². The molecular formula is C22H17F3IN5O2. The van der Waals surface area contributed by atoms with Crippen LogP contribution in [0.5, 0.6) is 5.75 Å². The normalized spacial score (nSPS) is 14.5. The van der Waals surface area contributed by atoms with E-state index >= 15 is 0 Å². The van der Waals surface area contributed by atoms with E-state index in [1.165, 1.54) is 16.9 Å². The van der Waals surface area contributed by atoms with Gasteiger partial charge in [-0.1, -0.05) is 6.92 Å². The van der Waals surface area contributed by atoms with E-state index in [1.54, 1.807) is 25.1 Å². The topological polar surface area (TPSA) is 93.7 Å². The summed E-state index contributed by atoms with van der Waals surface area (Å²) >= 11 is 1.95. The fraction of sp³-hybridized carbons (Fsp3) is 0.318. The van der Waals surface area contributed by atoms with Crippen molar-refractivity contribution in [1.82, 2.24) is 19.7 Å². The summed E-state index contributed by atoms with van der Waals surface area (Å²) in [6.07, 6.45) is -1.67. The third-order valence-electron chi connectivity index (χ3n) is 5.17. The lowest BCUT2D eigenvalue weighted by atomic mass is 9.96. The Hall–Kier alpha value is -3.01. The number of halogens is 4. The van der Waals surface area contributed by atoms with Gasteiger partial charge in [-0.2, -0.15) is 9.94 Å². The van der Waals surface area contributed by atoms with Gasteiger partial charge in [0.1, 0.15) is 17.6 Å². The van der Waals surface area contributed by atoms with Gasteiger partial charge < -0.3 is 4.74 Å². The SMILES string of the molecule is CC(CC(=O)c1cc(OC(F)(F)F)cc(C2CC2)c1)c1nc(I)nn1-c1ccc(C#N)cn1. The summed E-state index contributed by atoms with van der Waals surface area (Å²) in [5, 5.41) is 13.3. The average Bonchev–Trinajstić information content (AvgIpc) is 3.54. The van der Waals surface area contributed by atoms with Crippen LogP contribution in [0.1, 0.15) is 65.3 Å². The minimum absolute atomic E-state index is 0.00459. The highest BCUT2D eigenvalue weighted by Gasteiger charge is 2.33. The highest BCUT2D eigenvalue weighted by molar-refractivity contribution is 14.1. The first-order valence-corrected chi connectivity index (χ1v) is 11.1. The molecule has 0 saturated heterocycles. The summed E-state index contributed by atoms with van der Waals surface area (Å²) in [6, 6.07) is 9.34. The molecule has 0 spiro atoms. The van der Waals surface area contributed by atoms with Crippen LogP contribution in [0.25, 0.3) is 5.82 Å². The smallest absolute Gasteiger partial charge is 0.406 e. The van der Waals surface area contributed by atoms with Crippen LogP contribution in [0.15, 0.2) is 36.5 Å². The fourth-order valence-corrected chi connectivity index (χ4v) is 3.94. The van der Waals surface area contributed by atoms with E-state index in [4.69, 9.17) is 5.26 Å². The summed E-state index contributed by atoms with van der Waals surface area (Å²) in [7, 11) is 0. The lowest BCUT2D eigenvalue weighted by Crippen LogP contribution is -2.18. The van der Waals surface area contributed by atoms with Gasteiger partial charge in [-0.3, -0.25) is 4.79 Å². The molecule has 2 heterocycles. The standard InChI is InChI=1S/C22H17F3IN5O2/c1-12(20-29-21(26)30-31(20)19-5-2-13(10-27)11-28-19)6-18(32)16-7-15(14-3-4-14)8-17(9-16)33-22(23,24)25/h2,5,7-9,11-12,14H,3-4,6H2,1H3. The zero-order valence-electron chi connectivity index (χ0n) is 17.3. The first-order valence-electron chi connectivity index (χ1n) is 10.1. The maximum atomic E-state index is 13.0. The third-order valence-corrected chi connectivity index (χ3v) is 5.62. The zero-order chi connectivity index (χ0) is 23.8. The van der Waals surface area contributed by atoms with Crippen molar-refractivity contribution in [2.45, 2.75) is 44.4 Å². The number of aromatic nitrogens is 4. The van der Waals surface area contributed by atoms with Crippen molar-refractivity contribution in [3.05, 3.63) is 62.9 Å². The molecule has 0 radical (unpaired) electrons. The molecule has 1 atom stereocenters. The molecule has 1 fully saturated rings. The molecule has 170 valence electrons. The Kier molecular flexibility index (Phi) is 6.38. The molecule has 1 saturated carbocycles. The number of hydrogen-bond acceptors (Lipinski definition) is 6. The van der Waals surface area contributed by atoms with Crippen LogP contribution in [-0.2, 0) is 0 Å². The van der Waals surface area contributed by atoms with Gasteiger partial charge >= 0.3 is 6.36 Å². The Morgan fingerprint density at radius 2 is 2.09 bits per heavy atom. The van der Waals surface area contributed by atoms with Crippen LogP contribution in [0.4, 0.5) is 13.2 Å². The largest absolute Gasteiger partial charge is 0.573 e. The molecule has 0 aliphatic heterocycles. The summed E-state index contributed by atoms with van der Waals surface area (Å²) in [6.45, 7) is 1.79. The molecule has 33 heavy (non-hydrogen) atoms. The molecule has 2 aromatic heterocycles. The lowest BCUT2D eigenvalue weighted by Gasteiger charge is -2.14. The van der Waals surface area contributed by atoms with Gasteiger partial charge in [0, 0.05) is 46.7 Å². The van der Waals surface area contributed by atoms with Crippen molar-refractivity contribution < 1.29 is 22.7 Å². The Labute approximate surface area is 200 Å². The van der Waals surface area contributed by atoms with E-state index in [0.717, 1.165) is 18.9 Å². The van der Waals surface area contributed by atoms with Crippen molar-refractivity contribution in [3.8, 4) is 17.6 Å². The van der Waals surface area contributed by atoms with E-state index in [0.29, 0.717) is 26.6 Å². The summed E-state index contributed by atoms with van der Waals surface area (Å²) in [5.74, 6) is -0.0393. The Bertz CT molecular complexity index is 1230. The first kappa shape index (κ1) is 23.2. The van der Waals surface area contributed by atoms with Gasteiger partial charge in [0.05, 0.1) is 5.56 Å².